The number of carbonyl (C=O) groups is 2. The van der Waals surface area contributed by atoms with Crippen LogP contribution in [0.15, 0.2) is 54.9 Å². The van der Waals surface area contributed by atoms with Crippen LogP contribution in [0.5, 0.6) is 5.75 Å². The molecule has 2 amide bonds. The predicted molar refractivity (Wildman–Crippen MR) is 138 cm³/mol. The fraction of sp³-hybridized carbons (Fsp3) is 0.310. The first kappa shape index (κ1) is 25.4. The Morgan fingerprint density at radius 1 is 1.16 bits per heavy atom. The average molecular weight is 515 g/mol. The van der Waals surface area contributed by atoms with E-state index in [0.29, 0.717) is 28.5 Å². The lowest BCUT2D eigenvalue weighted by Crippen LogP contribution is -2.49. The van der Waals surface area contributed by atoms with Gasteiger partial charge in [0.05, 0.1) is 5.69 Å². The van der Waals surface area contributed by atoms with Crippen LogP contribution in [-0.2, 0) is 16.0 Å². The average Bonchev–Trinajstić information content (AvgIpc) is 3.06. The standard InChI is InChI=1S/C29H27FN4O4/c1-34-25-17-20(5-4-19-9-13-37-14-10-19)6-7-26(25)38-18-24(29(34)36)33-28(35)23-16-21(8-12-31-23)15-22-3-2-11-32-27(22)30/h2-3,6-8,11-12,16-17,19,24H,9-10,13-15,18H2,1H3,(H,33,35)/t24-/m0/s1. The summed E-state index contributed by atoms with van der Waals surface area (Å²) in [5.74, 6) is 5.94. The number of fused-ring (bicyclic) bond motifs is 1. The van der Waals surface area contributed by atoms with E-state index in [4.69, 9.17) is 9.47 Å². The Kier molecular flexibility index (Phi) is 7.61. The van der Waals surface area contributed by atoms with Crippen molar-refractivity contribution >= 4 is 17.5 Å². The van der Waals surface area contributed by atoms with Gasteiger partial charge < -0.3 is 19.7 Å². The highest BCUT2D eigenvalue weighted by molar-refractivity contribution is 6.03. The zero-order chi connectivity index (χ0) is 26.5. The molecule has 9 heteroatoms. The van der Waals surface area contributed by atoms with Crippen LogP contribution in [0.25, 0.3) is 0 Å². The van der Waals surface area contributed by atoms with Gasteiger partial charge in [-0.2, -0.15) is 4.39 Å². The Hall–Kier alpha value is -4.29. The number of hydrogen-bond donors (Lipinski definition) is 1. The molecule has 0 bridgehead atoms. The van der Waals surface area contributed by atoms with Crippen LogP contribution in [0.1, 0.15) is 40.0 Å². The summed E-state index contributed by atoms with van der Waals surface area (Å²) in [6.45, 7) is 1.42. The van der Waals surface area contributed by atoms with Gasteiger partial charge in [0.2, 0.25) is 5.95 Å². The second-order valence-electron chi connectivity index (χ2n) is 9.25. The molecule has 2 aromatic heterocycles. The first-order valence-electron chi connectivity index (χ1n) is 12.5. The molecule has 0 spiro atoms. The van der Waals surface area contributed by atoms with Crippen LogP contribution in [0.3, 0.4) is 0 Å². The first-order valence-corrected chi connectivity index (χ1v) is 12.5. The fourth-order valence-corrected chi connectivity index (χ4v) is 4.42. The van der Waals surface area contributed by atoms with Crippen molar-refractivity contribution in [2.24, 2.45) is 5.92 Å². The maximum Gasteiger partial charge on any atom is 0.270 e. The molecule has 2 aliphatic heterocycles. The quantitative estimate of drug-likeness (QED) is 0.425. The summed E-state index contributed by atoms with van der Waals surface area (Å²) in [7, 11) is 1.64. The van der Waals surface area contributed by atoms with Gasteiger partial charge in [-0.25, -0.2) is 4.98 Å². The Bertz CT molecular complexity index is 1410. The molecule has 1 saturated heterocycles. The summed E-state index contributed by atoms with van der Waals surface area (Å²) in [5.41, 5.74) is 2.60. The highest BCUT2D eigenvalue weighted by atomic mass is 19.1. The number of nitrogens with zero attached hydrogens (tertiary/aromatic N) is 3. The van der Waals surface area contributed by atoms with Crippen molar-refractivity contribution in [1.29, 1.82) is 0 Å². The number of ether oxygens (including phenoxy) is 2. The summed E-state index contributed by atoms with van der Waals surface area (Å²) in [4.78, 5) is 35.5. The first-order chi connectivity index (χ1) is 18.5. The minimum absolute atomic E-state index is 0.0321. The zero-order valence-corrected chi connectivity index (χ0v) is 20.9. The Morgan fingerprint density at radius 3 is 2.82 bits per heavy atom. The number of aromatic nitrogens is 2. The number of pyridine rings is 2. The van der Waals surface area contributed by atoms with Gasteiger partial charge in [0, 0.05) is 56.1 Å². The summed E-state index contributed by atoms with van der Waals surface area (Å²) in [6.07, 6.45) is 4.95. The van der Waals surface area contributed by atoms with Crippen molar-refractivity contribution < 1.29 is 23.5 Å². The smallest absolute Gasteiger partial charge is 0.270 e. The molecule has 0 saturated carbocycles. The summed E-state index contributed by atoms with van der Waals surface area (Å²) < 4.78 is 25.2. The van der Waals surface area contributed by atoms with E-state index in [-0.39, 0.29) is 24.6 Å². The van der Waals surface area contributed by atoms with Gasteiger partial charge in [0.15, 0.2) is 0 Å². The zero-order valence-electron chi connectivity index (χ0n) is 20.9. The number of carbonyl (C=O) groups excluding carboxylic acids is 2. The molecular formula is C29H27FN4O4. The van der Waals surface area contributed by atoms with E-state index in [0.717, 1.165) is 31.6 Å². The molecule has 38 heavy (non-hydrogen) atoms. The molecule has 1 aromatic carbocycles. The molecule has 8 nitrogen and oxygen atoms in total. The number of nitrogens with one attached hydrogen (secondary N) is 1. The molecule has 0 unspecified atom stereocenters. The Labute approximate surface area is 220 Å². The van der Waals surface area contributed by atoms with Crippen LogP contribution in [-0.4, -0.2) is 54.7 Å². The van der Waals surface area contributed by atoms with Gasteiger partial charge in [-0.15, -0.1) is 0 Å². The number of anilines is 1. The number of hydrogen-bond acceptors (Lipinski definition) is 6. The lowest BCUT2D eigenvalue weighted by atomic mass is 10.0. The van der Waals surface area contributed by atoms with Crippen LogP contribution < -0.4 is 15.0 Å². The Morgan fingerprint density at radius 2 is 2.00 bits per heavy atom. The number of benzene rings is 1. The van der Waals surface area contributed by atoms with Gasteiger partial charge in [0.1, 0.15) is 24.1 Å². The molecule has 4 heterocycles. The van der Waals surface area contributed by atoms with Crippen molar-refractivity contribution in [2.45, 2.75) is 25.3 Å². The van der Waals surface area contributed by atoms with Gasteiger partial charge in [0.25, 0.3) is 11.8 Å². The highest BCUT2D eigenvalue weighted by Gasteiger charge is 2.31. The van der Waals surface area contributed by atoms with E-state index in [1.165, 1.54) is 17.3 Å². The third kappa shape index (κ3) is 5.82. The van der Waals surface area contributed by atoms with E-state index in [1.54, 1.807) is 37.4 Å². The van der Waals surface area contributed by atoms with Crippen LogP contribution in [0.2, 0.25) is 0 Å². The SMILES string of the molecule is CN1C(=O)[C@@H](NC(=O)c2cc(Cc3cccnc3F)ccn2)COc2ccc(C#CC3CCOCC3)cc21. The third-order valence-corrected chi connectivity index (χ3v) is 6.59. The maximum atomic E-state index is 14.0. The van der Waals surface area contributed by atoms with Crippen molar-refractivity contribution in [3.8, 4) is 17.6 Å². The van der Waals surface area contributed by atoms with Gasteiger partial charge in [-0.1, -0.05) is 17.9 Å². The number of likely N-dealkylation sites (N-methyl/N-ethyl adjacent to an activating group) is 1. The Balaban J connectivity index is 1.27. The third-order valence-electron chi connectivity index (χ3n) is 6.59. The van der Waals surface area contributed by atoms with Crippen LogP contribution >= 0.6 is 0 Å². The highest BCUT2D eigenvalue weighted by Crippen LogP contribution is 2.31. The topological polar surface area (TPSA) is 93.7 Å². The van der Waals surface area contributed by atoms with Crippen molar-refractivity contribution in [2.75, 3.05) is 31.8 Å². The van der Waals surface area contributed by atoms with E-state index < -0.39 is 17.9 Å². The van der Waals surface area contributed by atoms with Crippen molar-refractivity contribution in [1.82, 2.24) is 15.3 Å². The minimum Gasteiger partial charge on any atom is -0.489 e. The molecular weight excluding hydrogens is 487 g/mol. The number of halogens is 1. The molecule has 0 radical (unpaired) electrons. The molecule has 0 aliphatic carbocycles. The number of amides is 2. The molecule has 1 N–H and O–H groups in total. The molecule has 5 rings (SSSR count). The van der Waals surface area contributed by atoms with Gasteiger partial charge >= 0.3 is 0 Å². The van der Waals surface area contributed by atoms with Crippen molar-refractivity contribution in [3.05, 3.63) is 83.2 Å². The van der Waals surface area contributed by atoms with Gasteiger partial charge in [-0.3, -0.25) is 14.6 Å². The molecule has 1 atom stereocenters. The van der Waals surface area contributed by atoms with Gasteiger partial charge in [-0.05, 0) is 54.8 Å². The fourth-order valence-electron chi connectivity index (χ4n) is 4.42. The summed E-state index contributed by atoms with van der Waals surface area (Å²) in [5, 5.41) is 2.73. The molecule has 2 aliphatic rings. The minimum atomic E-state index is -0.919. The summed E-state index contributed by atoms with van der Waals surface area (Å²) in [6, 6.07) is 11.1. The second-order valence-corrected chi connectivity index (χ2v) is 9.25. The molecule has 3 aromatic rings. The van der Waals surface area contributed by atoms with Crippen LogP contribution in [0.4, 0.5) is 10.1 Å². The monoisotopic (exact) mass is 514 g/mol. The van der Waals surface area contributed by atoms with E-state index in [1.807, 2.05) is 12.1 Å². The summed E-state index contributed by atoms with van der Waals surface area (Å²) >= 11 is 0. The molecule has 194 valence electrons. The van der Waals surface area contributed by atoms with Crippen LogP contribution in [0, 0.1) is 23.7 Å². The lowest BCUT2D eigenvalue weighted by molar-refractivity contribution is -0.120. The predicted octanol–water partition coefficient (Wildman–Crippen LogP) is 3.14. The number of rotatable bonds is 4. The van der Waals surface area contributed by atoms with E-state index in [2.05, 4.69) is 27.1 Å². The lowest BCUT2D eigenvalue weighted by Gasteiger charge is -2.20. The van der Waals surface area contributed by atoms with E-state index >= 15 is 0 Å². The van der Waals surface area contributed by atoms with Crippen molar-refractivity contribution in [3.63, 3.8) is 0 Å². The maximum absolute atomic E-state index is 14.0. The molecule has 1 fully saturated rings. The van der Waals surface area contributed by atoms with E-state index in [9.17, 15) is 14.0 Å². The normalized spacial score (nSPS) is 17.5. The largest absolute Gasteiger partial charge is 0.489 e. The second kappa shape index (κ2) is 11.4.